The third kappa shape index (κ3) is 4.83. The van der Waals surface area contributed by atoms with E-state index in [1.54, 1.807) is 11.9 Å². The van der Waals surface area contributed by atoms with Crippen molar-refractivity contribution in [1.29, 1.82) is 0 Å². The molecule has 0 spiro atoms. The van der Waals surface area contributed by atoms with Crippen molar-refractivity contribution in [1.82, 2.24) is 4.90 Å². The monoisotopic (exact) mass is 327 g/mol. The van der Waals surface area contributed by atoms with Gasteiger partial charge in [0.1, 0.15) is 12.4 Å². The molecule has 0 saturated carbocycles. The highest BCUT2D eigenvalue weighted by atomic mass is 16.5. The first kappa shape index (κ1) is 18.0. The predicted octanol–water partition coefficient (Wildman–Crippen LogP) is 3.71. The number of carbonyl (C=O) groups is 1. The lowest BCUT2D eigenvalue weighted by molar-refractivity contribution is -0.138. The van der Waals surface area contributed by atoms with Crippen LogP contribution in [0.25, 0.3) is 0 Å². The Hall–Kier alpha value is -2.33. The van der Waals surface area contributed by atoms with Gasteiger partial charge in [0, 0.05) is 6.54 Å². The second-order valence-corrected chi connectivity index (χ2v) is 6.34. The normalized spacial score (nSPS) is 10.9. The SMILES string of the molecule is Cc1ccccc1COc1c(C)cc(CN(C)CC(=O)O)cc1C. The van der Waals surface area contributed by atoms with Crippen LogP contribution in [0.4, 0.5) is 0 Å². The van der Waals surface area contributed by atoms with Crippen molar-refractivity contribution in [2.45, 2.75) is 33.9 Å². The van der Waals surface area contributed by atoms with Crippen molar-refractivity contribution in [3.05, 3.63) is 64.2 Å². The Morgan fingerprint density at radius 1 is 1.08 bits per heavy atom. The van der Waals surface area contributed by atoms with Crippen LogP contribution in [-0.4, -0.2) is 29.6 Å². The van der Waals surface area contributed by atoms with Gasteiger partial charge in [0.25, 0.3) is 0 Å². The first-order valence-electron chi connectivity index (χ1n) is 8.04. The summed E-state index contributed by atoms with van der Waals surface area (Å²) >= 11 is 0. The molecular weight excluding hydrogens is 302 g/mol. The van der Waals surface area contributed by atoms with Gasteiger partial charge < -0.3 is 9.84 Å². The van der Waals surface area contributed by atoms with Crippen LogP contribution in [0, 0.1) is 20.8 Å². The molecule has 0 unspecified atom stereocenters. The number of aryl methyl sites for hydroxylation is 3. The lowest BCUT2D eigenvalue weighted by Crippen LogP contribution is -2.25. The minimum absolute atomic E-state index is 0.0314. The Labute approximate surface area is 143 Å². The molecule has 0 heterocycles. The summed E-state index contributed by atoms with van der Waals surface area (Å²) in [6, 6.07) is 12.3. The van der Waals surface area contributed by atoms with Crippen molar-refractivity contribution < 1.29 is 14.6 Å². The molecule has 1 N–H and O–H groups in total. The van der Waals surface area contributed by atoms with Crippen LogP contribution in [-0.2, 0) is 17.9 Å². The van der Waals surface area contributed by atoms with Gasteiger partial charge in [0.05, 0.1) is 6.54 Å². The summed E-state index contributed by atoms with van der Waals surface area (Å²) in [6.45, 7) is 7.32. The van der Waals surface area contributed by atoms with Gasteiger partial charge in [-0.3, -0.25) is 9.69 Å². The lowest BCUT2D eigenvalue weighted by Gasteiger charge is -2.18. The van der Waals surface area contributed by atoms with E-state index in [1.807, 2.05) is 26.0 Å². The summed E-state index contributed by atoms with van der Waals surface area (Å²) in [5, 5.41) is 8.85. The van der Waals surface area contributed by atoms with Gasteiger partial charge in [-0.1, -0.05) is 36.4 Å². The highest BCUT2D eigenvalue weighted by molar-refractivity contribution is 5.69. The van der Waals surface area contributed by atoms with E-state index < -0.39 is 5.97 Å². The fraction of sp³-hybridized carbons (Fsp3) is 0.350. The average Bonchev–Trinajstić information content (AvgIpc) is 2.47. The molecule has 4 heteroatoms. The standard InChI is InChI=1S/C20H25NO3/c1-14-7-5-6-8-18(14)13-24-20-15(2)9-17(10-16(20)3)11-21(4)12-19(22)23/h5-10H,11-13H2,1-4H3,(H,22,23). The Morgan fingerprint density at radius 2 is 1.71 bits per heavy atom. The smallest absolute Gasteiger partial charge is 0.317 e. The van der Waals surface area contributed by atoms with Crippen LogP contribution < -0.4 is 4.74 Å². The molecule has 0 aliphatic carbocycles. The Bertz CT molecular complexity index is 702. The van der Waals surface area contributed by atoms with Crippen LogP contribution in [0.1, 0.15) is 27.8 Å². The maximum absolute atomic E-state index is 10.8. The zero-order valence-electron chi connectivity index (χ0n) is 14.8. The number of carboxylic acids is 1. The van der Waals surface area contributed by atoms with Crippen molar-refractivity contribution >= 4 is 5.97 Å². The third-order valence-electron chi connectivity index (χ3n) is 4.01. The first-order chi connectivity index (χ1) is 11.4. The number of carboxylic acid groups (broad SMARTS) is 1. The Kier molecular flexibility index (Phi) is 5.99. The molecule has 0 atom stereocenters. The summed E-state index contributed by atoms with van der Waals surface area (Å²) in [4.78, 5) is 12.6. The topological polar surface area (TPSA) is 49.8 Å². The minimum atomic E-state index is -0.816. The van der Waals surface area contributed by atoms with E-state index in [-0.39, 0.29) is 6.54 Å². The fourth-order valence-electron chi connectivity index (χ4n) is 2.88. The summed E-state index contributed by atoms with van der Waals surface area (Å²) in [7, 11) is 1.81. The first-order valence-corrected chi connectivity index (χ1v) is 8.04. The minimum Gasteiger partial charge on any atom is -0.488 e. The molecular formula is C20H25NO3. The molecule has 4 nitrogen and oxygen atoms in total. The maximum Gasteiger partial charge on any atom is 0.317 e. The fourth-order valence-corrected chi connectivity index (χ4v) is 2.88. The van der Waals surface area contributed by atoms with Gasteiger partial charge in [-0.05, 0) is 55.6 Å². The Morgan fingerprint density at radius 3 is 2.29 bits per heavy atom. The highest BCUT2D eigenvalue weighted by Gasteiger charge is 2.10. The van der Waals surface area contributed by atoms with Crippen LogP contribution in [0.2, 0.25) is 0 Å². The molecule has 0 bridgehead atoms. The van der Waals surface area contributed by atoms with E-state index in [1.165, 1.54) is 11.1 Å². The molecule has 0 fully saturated rings. The van der Waals surface area contributed by atoms with E-state index >= 15 is 0 Å². The van der Waals surface area contributed by atoms with E-state index in [0.29, 0.717) is 13.2 Å². The third-order valence-corrected chi connectivity index (χ3v) is 4.01. The number of nitrogens with zero attached hydrogens (tertiary/aromatic N) is 1. The lowest BCUT2D eigenvalue weighted by atomic mass is 10.0. The second kappa shape index (κ2) is 7.97. The van der Waals surface area contributed by atoms with Crippen molar-refractivity contribution in [3.63, 3.8) is 0 Å². The van der Waals surface area contributed by atoms with Crippen molar-refractivity contribution in [2.75, 3.05) is 13.6 Å². The van der Waals surface area contributed by atoms with Crippen LogP contribution in [0.3, 0.4) is 0 Å². The molecule has 2 rings (SSSR count). The van der Waals surface area contributed by atoms with E-state index in [9.17, 15) is 4.79 Å². The molecule has 0 amide bonds. The zero-order chi connectivity index (χ0) is 17.7. The quantitative estimate of drug-likeness (QED) is 0.842. The van der Waals surface area contributed by atoms with Gasteiger partial charge in [0.15, 0.2) is 0 Å². The molecule has 2 aromatic rings. The van der Waals surface area contributed by atoms with E-state index in [2.05, 4.69) is 31.2 Å². The highest BCUT2D eigenvalue weighted by Crippen LogP contribution is 2.26. The largest absolute Gasteiger partial charge is 0.488 e. The predicted molar refractivity (Wildman–Crippen MR) is 95.4 cm³/mol. The van der Waals surface area contributed by atoms with Gasteiger partial charge >= 0.3 is 5.97 Å². The van der Waals surface area contributed by atoms with Crippen LogP contribution in [0.15, 0.2) is 36.4 Å². The van der Waals surface area contributed by atoms with Gasteiger partial charge in [-0.25, -0.2) is 0 Å². The molecule has 2 aromatic carbocycles. The van der Waals surface area contributed by atoms with Gasteiger partial charge in [-0.2, -0.15) is 0 Å². The summed E-state index contributed by atoms with van der Waals surface area (Å²) in [6.07, 6.45) is 0. The van der Waals surface area contributed by atoms with E-state index in [0.717, 1.165) is 22.4 Å². The number of hydrogen-bond donors (Lipinski definition) is 1. The van der Waals surface area contributed by atoms with Crippen molar-refractivity contribution in [2.24, 2.45) is 0 Å². The van der Waals surface area contributed by atoms with Crippen LogP contribution in [0.5, 0.6) is 5.75 Å². The molecule has 0 saturated heterocycles. The maximum atomic E-state index is 10.8. The van der Waals surface area contributed by atoms with Gasteiger partial charge in [-0.15, -0.1) is 0 Å². The van der Waals surface area contributed by atoms with E-state index in [4.69, 9.17) is 9.84 Å². The number of hydrogen-bond acceptors (Lipinski definition) is 3. The summed E-state index contributed by atoms with van der Waals surface area (Å²) < 4.78 is 6.05. The molecule has 128 valence electrons. The number of likely N-dealkylation sites (N-methyl/N-ethyl adjacent to an activating group) is 1. The van der Waals surface area contributed by atoms with Crippen LogP contribution >= 0.6 is 0 Å². The molecule has 0 aromatic heterocycles. The number of ether oxygens (including phenoxy) is 1. The second-order valence-electron chi connectivity index (χ2n) is 6.34. The Balaban J connectivity index is 2.09. The molecule has 0 aliphatic rings. The molecule has 24 heavy (non-hydrogen) atoms. The molecule has 0 radical (unpaired) electrons. The molecule has 0 aliphatic heterocycles. The van der Waals surface area contributed by atoms with Crippen molar-refractivity contribution in [3.8, 4) is 5.75 Å². The number of aliphatic carboxylic acids is 1. The van der Waals surface area contributed by atoms with Gasteiger partial charge in [0.2, 0.25) is 0 Å². The summed E-state index contributed by atoms with van der Waals surface area (Å²) in [5.41, 5.74) is 5.64. The zero-order valence-corrected chi connectivity index (χ0v) is 14.8. The summed E-state index contributed by atoms with van der Waals surface area (Å²) in [5.74, 6) is 0.0898. The number of benzene rings is 2. The average molecular weight is 327 g/mol. The number of rotatable bonds is 7.